The predicted molar refractivity (Wildman–Crippen MR) is 117 cm³/mol. The first-order chi connectivity index (χ1) is 14.0. The molecule has 0 saturated carbocycles. The van der Waals surface area contributed by atoms with Crippen LogP contribution in [-0.4, -0.2) is 37.3 Å². The Balaban J connectivity index is 1.64. The quantitative estimate of drug-likeness (QED) is 0.462. The number of nitrogens with zero attached hydrogens (tertiary/aromatic N) is 4. The van der Waals surface area contributed by atoms with Crippen molar-refractivity contribution < 1.29 is 9.59 Å². The van der Waals surface area contributed by atoms with Gasteiger partial charge in [-0.15, -0.1) is 21.5 Å². The fourth-order valence-electron chi connectivity index (χ4n) is 2.58. The number of amides is 2. The fourth-order valence-corrected chi connectivity index (χ4v) is 4.40. The Bertz CT molecular complexity index is 992. The lowest BCUT2D eigenvalue weighted by atomic mass is 10.2. The summed E-state index contributed by atoms with van der Waals surface area (Å²) < 4.78 is 2.62. The number of hydrogen-bond acceptors (Lipinski definition) is 7. The van der Waals surface area contributed by atoms with Crippen LogP contribution in [0.1, 0.15) is 36.1 Å². The van der Waals surface area contributed by atoms with Gasteiger partial charge in [0, 0.05) is 22.6 Å². The number of rotatable bonds is 8. The highest BCUT2D eigenvalue weighted by Gasteiger charge is 2.21. The molecule has 2 heterocycles. The zero-order valence-electron chi connectivity index (χ0n) is 15.8. The van der Waals surface area contributed by atoms with Gasteiger partial charge in [0.05, 0.1) is 17.4 Å². The summed E-state index contributed by atoms with van der Waals surface area (Å²) in [6.45, 7) is 4.44. The molecule has 8 nitrogen and oxygen atoms in total. The van der Waals surface area contributed by atoms with Gasteiger partial charge in [-0.05, 0) is 41.9 Å². The number of halogens is 1. The number of hydrogen-bond donors (Lipinski definition) is 2. The standard InChI is InChI=1S/C18H19BrN6O2S2/c1-3-25-15(11(2)21-16(27)12-6-4-5-7-13(12)19)23-24-18(25)29-10-14(26)22-17-20-8-9-28-17/h4-9,11H,3,10H2,1-2H3,(H,21,27)(H,20,22,26)/t11-/m1/s1. The Morgan fingerprint density at radius 3 is 2.79 bits per heavy atom. The number of nitrogens with one attached hydrogen (secondary N) is 2. The highest BCUT2D eigenvalue weighted by Crippen LogP contribution is 2.22. The molecule has 29 heavy (non-hydrogen) atoms. The number of benzene rings is 1. The van der Waals surface area contributed by atoms with Crippen molar-refractivity contribution in [3.63, 3.8) is 0 Å². The third kappa shape index (κ3) is 5.43. The summed E-state index contributed by atoms with van der Waals surface area (Å²) in [6.07, 6.45) is 1.64. The molecule has 0 saturated heterocycles. The van der Waals surface area contributed by atoms with E-state index in [-0.39, 0.29) is 23.6 Å². The van der Waals surface area contributed by atoms with Gasteiger partial charge in [-0.25, -0.2) is 4.98 Å². The molecule has 152 valence electrons. The van der Waals surface area contributed by atoms with Gasteiger partial charge in [0.1, 0.15) is 0 Å². The fraction of sp³-hybridized carbons (Fsp3) is 0.278. The molecule has 0 fully saturated rings. The van der Waals surface area contributed by atoms with E-state index in [1.807, 2.05) is 36.6 Å². The minimum Gasteiger partial charge on any atom is -0.342 e. The lowest BCUT2D eigenvalue weighted by Crippen LogP contribution is -2.29. The first kappa shape index (κ1) is 21.5. The van der Waals surface area contributed by atoms with Crippen LogP contribution in [0.3, 0.4) is 0 Å². The van der Waals surface area contributed by atoms with E-state index < -0.39 is 0 Å². The molecule has 2 aromatic heterocycles. The van der Waals surface area contributed by atoms with Crippen molar-refractivity contribution in [2.45, 2.75) is 31.6 Å². The van der Waals surface area contributed by atoms with Gasteiger partial charge in [0.25, 0.3) is 5.91 Å². The van der Waals surface area contributed by atoms with E-state index in [4.69, 9.17) is 0 Å². The molecule has 0 bridgehead atoms. The van der Waals surface area contributed by atoms with Crippen LogP contribution in [0.4, 0.5) is 5.13 Å². The summed E-state index contributed by atoms with van der Waals surface area (Å²) in [5, 5.41) is 17.1. The zero-order valence-corrected chi connectivity index (χ0v) is 19.0. The van der Waals surface area contributed by atoms with Crippen LogP contribution in [-0.2, 0) is 11.3 Å². The molecule has 1 aromatic carbocycles. The van der Waals surface area contributed by atoms with Crippen LogP contribution in [0.15, 0.2) is 45.5 Å². The molecular weight excluding hydrogens is 476 g/mol. The third-order valence-electron chi connectivity index (χ3n) is 3.93. The van der Waals surface area contributed by atoms with Gasteiger partial charge in [0.15, 0.2) is 16.1 Å². The smallest absolute Gasteiger partial charge is 0.253 e. The Kier molecular flexibility index (Phi) is 7.40. The molecule has 0 aliphatic carbocycles. The lowest BCUT2D eigenvalue weighted by Gasteiger charge is -2.15. The van der Waals surface area contributed by atoms with E-state index in [0.29, 0.717) is 28.2 Å². The molecule has 0 spiro atoms. The van der Waals surface area contributed by atoms with E-state index >= 15 is 0 Å². The van der Waals surface area contributed by atoms with Gasteiger partial charge in [-0.1, -0.05) is 23.9 Å². The van der Waals surface area contributed by atoms with Crippen molar-refractivity contribution in [1.82, 2.24) is 25.1 Å². The molecule has 0 unspecified atom stereocenters. The van der Waals surface area contributed by atoms with Gasteiger partial charge in [-0.3, -0.25) is 9.59 Å². The Morgan fingerprint density at radius 1 is 1.31 bits per heavy atom. The summed E-state index contributed by atoms with van der Waals surface area (Å²) in [5.41, 5.74) is 0.551. The largest absolute Gasteiger partial charge is 0.342 e. The van der Waals surface area contributed by atoms with Crippen molar-refractivity contribution in [2.24, 2.45) is 0 Å². The Morgan fingerprint density at radius 2 is 2.10 bits per heavy atom. The zero-order chi connectivity index (χ0) is 20.8. The molecule has 0 aliphatic heterocycles. The Hall–Kier alpha value is -2.24. The van der Waals surface area contributed by atoms with E-state index in [2.05, 4.69) is 41.7 Å². The van der Waals surface area contributed by atoms with Crippen molar-refractivity contribution >= 4 is 56.0 Å². The van der Waals surface area contributed by atoms with Crippen LogP contribution in [0.5, 0.6) is 0 Å². The van der Waals surface area contributed by atoms with Crippen molar-refractivity contribution in [1.29, 1.82) is 0 Å². The number of thioether (sulfide) groups is 1. The molecule has 0 aliphatic rings. The monoisotopic (exact) mass is 494 g/mol. The first-order valence-electron chi connectivity index (χ1n) is 8.80. The third-order valence-corrected chi connectivity index (χ3v) is 6.27. The van der Waals surface area contributed by atoms with E-state index in [1.54, 1.807) is 17.6 Å². The highest BCUT2D eigenvalue weighted by atomic mass is 79.9. The molecule has 1 atom stereocenters. The summed E-state index contributed by atoms with van der Waals surface area (Å²) in [6, 6.07) is 6.88. The minimum absolute atomic E-state index is 0.160. The number of carbonyl (C=O) groups is 2. The average Bonchev–Trinajstić information content (AvgIpc) is 3.35. The number of thiazole rings is 1. The summed E-state index contributed by atoms with van der Waals surface area (Å²) in [4.78, 5) is 28.7. The summed E-state index contributed by atoms with van der Waals surface area (Å²) in [5.74, 6) is 0.464. The van der Waals surface area contributed by atoms with Gasteiger partial charge in [-0.2, -0.15) is 0 Å². The molecular formula is C18H19BrN6O2S2. The molecule has 11 heteroatoms. The SMILES string of the molecule is CCn1c(SCC(=O)Nc2nccs2)nnc1[C@@H](C)NC(=O)c1ccccc1Br. The number of aromatic nitrogens is 4. The van der Waals surface area contributed by atoms with Gasteiger partial charge >= 0.3 is 0 Å². The van der Waals surface area contributed by atoms with Gasteiger partial charge < -0.3 is 15.2 Å². The van der Waals surface area contributed by atoms with Crippen LogP contribution >= 0.6 is 39.0 Å². The topological polar surface area (TPSA) is 102 Å². The maximum absolute atomic E-state index is 12.6. The van der Waals surface area contributed by atoms with Gasteiger partial charge in [0.2, 0.25) is 5.91 Å². The second kappa shape index (κ2) is 9.99. The molecule has 2 amide bonds. The second-order valence-electron chi connectivity index (χ2n) is 5.93. The highest BCUT2D eigenvalue weighted by molar-refractivity contribution is 9.10. The van der Waals surface area contributed by atoms with E-state index in [0.717, 1.165) is 4.47 Å². The normalized spacial score (nSPS) is 11.8. The van der Waals surface area contributed by atoms with E-state index in [9.17, 15) is 9.59 Å². The average molecular weight is 495 g/mol. The van der Waals surface area contributed by atoms with E-state index in [1.165, 1.54) is 23.1 Å². The first-order valence-corrected chi connectivity index (χ1v) is 11.5. The van der Waals surface area contributed by atoms with Crippen LogP contribution in [0, 0.1) is 0 Å². The maximum atomic E-state index is 12.6. The minimum atomic E-state index is -0.347. The molecule has 3 aromatic rings. The Labute approximate surface area is 184 Å². The van der Waals surface area contributed by atoms with Crippen LogP contribution < -0.4 is 10.6 Å². The van der Waals surface area contributed by atoms with Crippen LogP contribution in [0.25, 0.3) is 0 Å². The molecule has 2 N–H and O–H groups in total. The number of anilines is 1. The maximum Gasteiger partial charge on any atom is 0.253 e. The number of carbonyl (C=O) groups excluding carboxylic acids is 2. The molecule has 3 rings (SSSR count). The summed E-state index contributed by atoms with van der Waals surface area (Å²) in [7, 11) is 0. The van der Waals surface area contributed by atoms with Crippen molar-refractivity contribution in [3.8, 4) is 0 Å². The molecule has 0 radical (unpaired) electrons. The summed E-state index contributed by atoms with van der Waals surface area (Å²) >= 11 is 6.05. The lowest BCUT2D eigenvalue weighted by molar-refractivity contribution is -0.113. The van der Waals surface area contributed by atoms with Crippen molar-refractivity contribution in [2.75, 3.05) is 11.1 Å². The van der Waals surface area contributed by atoms with Crippen LogP contribution in [0.2, 0.25) is 0 Å². The van der Waals surface area contributed by atoms with Crippen molar-refractivity contribution in [3.05, 3.63) is 51.7 Å². The second-order valence-corrected chi connectivity index (χ2v) is 8.63. The predicted octanol–water partition coefficient (Wildman–Crippen LogP) is 3.74.